The molecule has 3 aromatic carbocycles. The van der Waals surface area contributed by atoms with Gasteiger partial charge in [-0.15, -0.1) is 0 Å². The van der Waals surface area contributed by atoms with E-state index >= 15 is 0 Å². The van der Waals surface area contributed by atoms with E-state index < -0.39 is 0 Å². The van der Waals surface area contributed by atoms with E-state index in [9.17, 15) is 0 Å². The summed E-state index contributed by atoms with van der Waals surface area (Å²) >= 11 is 12.1. The molecular formula is C24H25Cl2NO. The number of para-hydroxylation sites is 1. The molecule has 28 heavy (non-hydrogen) atoms. The molecule has 0 radical (unpaired) electrons. The maximum atomic E-state index is 6.09. The van der Waals surface area contributed by atoms with E-state index in [4.69, 9.17) is 27.9 Å². The van der Waals surface area contributed by atoms with Crippen LogP contribution < -0.4 is 10.1 Å². The van der Waals surface area contributed by atoms with Crippen LogP contribution in [0.15, 0.2) is 72.8 Å². The van der Waals surface area contributed by atoms with Crippen LogP contribution in [0.4, 0.5) is 0 Å². The average Bonchev–Trinajstić information content (AvgIpc) is 2.73. The number of hydrogen-bond donors (Lipinski definition) is 1. The number of benzene rings is 3. The van der Waals surface area contributed by atoms with Gasteiger partial charge in [0.05, 0.1) is 10.0 Å². The second-order valence-electron chi connectivity index (χ2n) is 6.95. The van der Waals surface area contributed by atoms with Crippen molar-refractivity contribution in [2.75, 3.05) is 0 Å². The van der Waals surface area contributed by atoms with Gasteiger partial charge in [0.15, 0.2) is 0 Å². The highest BCUT2D eigenvalue weighted by Crippen LogP contribution is 2.24. The minimum Gasteiger partial charge on any atom is -0.489 e. The van der Waals surface area contributed by atoms with E-state index in [2.05, 4.69) is 48.6 Å². The Morgan fingerprint density at radius 2 is 1.61 bits per heavy atom. The van der Waals surface area contributed by atoms with Gasteiger partial charge in [-0.3, -0.25) is 0 Å². The summed E-state index contributed by atoms with van der Waals surface area (Å²) in [6.07, 6.45) is 2.17. The van der Waals surface area contributed by atoms with E-state index in [1.165, 1.54) is 5.56 Å². The Labute approximate surface area is 177 Å². The van der Waals surface area contributed by atoms with E-state index in [0.29, 0.717) is 22.7 Å². The van der Waals surface area contributed by atoms with Crippen molar-refractivity contribution in [3.8, 4) is 5.75 Å². The zero-order valence-electron chi connectivity index (χ0n) is 16.0. The Morgan fingerprint density at radius 1 is 0.857 bits per heavy atom. The minimum absolute atomic E-state index is 0.420. The SMILES string of the molecule is CC(CCc1ccccc1)NCc1ccccc1OCc1ccc(Cl)c(Cl)c1. The van der Waals surface area contributed by atoms with Gasteiger partial charge in [-0.2, -0.15) is 0 Å². The molecule has 0 bridgehead atoms. The molecule has 4 heteroatoms. The second kappa shape index (κ2) is 10.5. The first-order valence-corrected chi connectivity index (χ1v) is 10.3. The zero-order chi connectivity index (χ0) is 19.8. The summed E-state index contributed by atoms with van der Waals surface area (Å²) in [5, 5.41) is 4.71. The molecule has 0 aliphatic heterocycles. The zero-order valence-corrected chi connectivity index (χ0v) is 17.5. The lowest BCUT2D eigenvalue weighted by molar-refractivity contribution is 0.301. The Kier molecular flexibility index (Phi) is 7.79. The molecule has 0 aliphatic rings. The Balaban J connectivity index is 1.52. The lowest BCUT2D eigenvalue weighted by atomic mass is 10.1. The summed E-state index contributed by atoms with van der Waals surface area (Å²) in [5.41, 5.74) is 3.52. The first-order valence-electron chi connectivity index (χ1n) is 9.54. The smallest absolute Gasteiger partial charge is 0.124 e. The number of nitrogens with one attached hydrogen (secondary N) is 1. The first kappa shape index (κ1) is 20.7. The van der Waals surface area contributed by atoms with Crippen LogP contribution in [0, 0.1) is 0 Å². The molecule has 0 amide bonds. The van der Waals surface area contributed by atoms with Gasteiger partial charge >= 0.3 is 0 Å². The molecule has 146 valence electrons. The molecule has 1 atom stereocenters. The molecule has 0 aromatic heterocycles. The van der Waals surface area contributed by atoms with Crippen molar-refractivity contribution in [3.63, 3.8) is 0 Å². The van der Waals surface area contributed by atoms with E-state index in [1.54, 1.807) is 6.07 Å². The van der Waals surface area contributed by atoms with Gasteiger partial charge in [0.1, 0.15) is 12.4 Å². The van der Waals surface area contributed by atoms with Gasteiger partial charge in [0.2, 0.25) is 0 Å². The van der Waals surface area contributed by atoms with Crippen molar-refractivity contribution >= 4 is 23.2 Å². The van der Waals surface area contributed by atoms with Crippen LogP contribution in [0.3, 0.4) is 0 Å². The lowest BCUT2D eigenvalue weighted by Crippen LogP contribution is -2.26. The van der Waals surface area contributed by atoms with Gasteiger partial charge in [-0.1, -0.05) is 77.8 Å². The number of rotatable bonds is 9. The van der Waals surface area contributed by atoms with Gasteiger partial charge in [-0.05, 0) is 49.1 Å². The fourth-order valence-corrected chi connectivity index (χ4v) is 3.32. The highest BCUT2D eigenvalue weighted by Gasteiger charge is 2.07. The topological polar surface area (TPSA) is 21.3 Å². The third kappa shape index (κ3) is 6.27. The Bertz CT molecular complexity index is 883. The van der Waals surface area contributed by atoms with Crippen molar-refractivity contribution in [3.05, 3.63) is 99.5 Å². The molecule has 2 nitrogen and oxygen atoms in total. The van der Waals surface area contributed by atoms with Crippen LogP contribution in [-0.4, -0.2) is 6.04 Å². The number of halogens is 2. The third-order valence-corrected chi connectivity index (χ3v) is 5.44. The van der Waals surface area contributed by atoms with Crippen LogP contribution in [0.5, 0.6) is 5.75 Å². The first-order chi connectivity index (χ1) is 13.6. The van der Waals surface area contributed by atoms with E-state index in [0.717, 1.165) is 36.3 Å². The maximum Gasteiger partial charge on any atom is 0.124 e. The number of hydrogen-bond acceptors (Lipinski definition) is 2. The van der Waals surface area contributed by atoms with Gasteiger partial charge in [0, 0.05) is 18.2 Å². The van der Waals surface area contributed by atoms with Crippen LogP contribution >= 0.6 is 23.2 Å². The molecule has 0 saturated heterocycles. The minimum atomic E-state index is 0.420. The summed E-state index contributed by atoms with van der Waals surface area (Å²) in [6.45, 7) is 3.45. The molecule has 0 aliphatic carbocycles. The Hall–Kier alpha value is -2.00. The highest BCUT2D eigenvalue weighted by atomic mass is 35.5. The van der Waals surface area contributed by atoms with Crippen LogP contribution in [0.25, 0.3) is 0 Å². The predicted molar refractivity (Wildman–Crippen MR) is 118 cm³/mol. The van der Waals surface area contributed by atoms with E-state index in [1.807, 2.05) is 30.3 Å². The molecule has 3 rings (SSSR count). The predicted octanol–water partition coefficient (Wildman–Crippen LogP) is 6.68. The van der Waals surface area contributed by atoms with Crippen LogP contribution in [0.2, 0.25) is 10.0 Å². The highest BCUT2D eigenvalue weighted by molar-refractivity contribution is 6.42. The number of ether oxygens (including phenoxy) is 1. The largest absolute Gasteiger partial charge is 0.489 e. The molecule has 1 N–H and O–H groups in total. The monoisotopic (exact) mass is 413 g/mol. The summed E-state index contributed by atoms with van der Waals surface area (Å²) in [4.78, 5) is 0. The molecule has 0 heterocycles. The fourth-order valence-electron chi connectivity index (χ4n) is 3.00. The quantitative estimate of drug-likeness (QED) is 0.422. The molecular weight excluding hydrogens is 389 g/mol. The van der Waals surface area contributed by atoms with Gasteiger partial charge in [0.25, 0.3) is 0 Å². The maximum absolute atomic E-state index is 6.09. The summed E-state index contributed by atoms with van der Waals surface area (Å²) in [6, 6.07) is 24.7. The lowest BCUT2D eigenvalue weighted by Gasteiger charge is -2.16. The van der Waals surface area contributed by atoms with Crippen molar-refractivity contribution < 1.29 is 4.74 Å². The fraction of sp³-hybridized carbons (Fsp3) is 0.250. The van der Waals surface area contributed by atoms with Crippen molar-refractivity contribution in [2.45, 2.75) is 39.0 Å². The second-order valence-corrected chi connectivity index (χ2v) is 7.77. The molecule has 0 fully saturated rings. The van der Waals surface area contributed by atoms with Gasteiger partial charge in [-0.25, -0.2) is 0 Å². The standard InChI is InChI=1S/C24H25Cl2NO/c1-18(11-12-19-7-3-2-4-8-19)27-16-21-9-5-6-10-24(21)28-17-20-13-14-22(25)23(26)15-20/h2-10,13-15,18,27H,11-12,16-17H2,1H3. The summed E-state index contributed by atoms with van der Waals surface area (Å²) < 4.78 is 6.04. The molecule has 0 spiro atoms. The third-order valence-electron chi connectivity index (χ3n) is 4.70. The Morgan fingerprint density at radius 3 is 2.39 bits per heavy atom. The average molecular weight is 414 g/mol. The van der Waals surface area contributed by atoms with Crippen LogP contribution in [0.1, 0.15) is 30.0 Å². The molecule has 3 aromatic rings. The molecule has 1 unspecified atom stereocenters. The van der Waals surface area contributed by atoms with Crippen molar-refractivity contribution in [2.24, 2.45) is 0 Å². The summed E-state index contributed by atoms with van der Waals surface area (Å²) in [7, 11) is 0. The number of aryl methyl sites for hydroxylation is 1. The normalized spacial score (nSPS) is 12.0. The summed E-state index contributed by atoms with van der Waals surface area (Å²) in [5.74, 6) is 0.885. The van der Waals surface area contributed by atoms with Crippen molar-refractivity contribution in [1.82, 2.24) is 5.32 Å². The van der Waals surface area contributed by atoms with E-state index in [-0.39, 0.29) is 0 Å². The van der Waals surface area contributed by atoms with Gasteiger partial charge < -0.3 is 10.1 Å². The van der Waals surface area contributed by atoms with Crippen LogP contribution in [-0.2, 0) is 19.6 Å². The molecule has 0 saturated carbocycles. The van der Waals surface area contributed by atoms with Crippen molar-refractivity contribution in [1.29, 1.82) is 0 Å².